The third-order valence-electron chi connectivity index (χ3n) is 2.20. The lowest BCUT2D eigenvalue weighted by atomic mass is 10.4. The SMILES string of the molecule is CCCN(CCC)C(=O)n1cnc(SCC)n1. The van der Waals surface area contributed by atoms with E-state index in [-0.39, 0.29) is 6.03 Å². The quantitative estimate of drug-likeness (QED) is 0.734. The average Bonchev–Trinajstić information content (AvgIpc) is 2.77. The number of hydrogen-bond acceptors (Lipinski definition) is 4. The molecule has 1 aromatic rings. The van der Waals surface area contributed by atoms with Crippen LogP contribution in [0.4, 0.5) is 4.79 Å². The minimum Gasteiger partial charge on any atom is -0.323 e. The van der Waals surface area contributed by atoms with Gasteiger partial charge in [-0.1, -0.05) is 32.5 Å². The Kier molecular flexibility index (Phi) is 6.04. The molecule has 0 spiro atoms. The van der Waals surface area contributed by atoms with Crippen LogP contribution in [0.1, 0.15) is 33.6 Å². The monoisotopic (exact) mass is 256 g/mol. The summed E-state index contributed by atoms with van der Waals surface area (Å²) in [6.07, 6.45) is 3.41. The number of aromatic nitrogens is 3. The van der Waals surface area contributed by atoms with Gasteiger partial charge in [0.2, 0.25) is 5.16 Å². The van der Waals surface area contributed by atoms with Gasteiger partial charge in [-0.15, -0.1) is 5.10 Å². The summed E-state index contributed by atoms with van der Waals surface area (Å²) in [5.74, 6) is 0.909. The Labute approximate surface area is 107 Å². The highest BCUT2D eigenvalue weighted by Gasteiger charge is 2.15. The molecule has 0 aliphatic heterocycles. The maximum Gasteiger partial charge on any atom is 0.346 e. The van der Waals surface area contributed by atoms with Gasteiger partial charge in [-0.25, -0.2) is 9.78 Å². The Hall–Kier alpha value is -1.04. The molecule has 1 amide bonds. The van der Waals surface area contributed by atoms with Crippen molar-refractivity contribution in [3.8, 4) is 0 Å². The summed E-state index contributed by atoms with van der Waals surface area (Å²) in [4.78, 5) is 18.0. The summed E-state index contributed by atoms with van der Waals surface area (Å²) in [6, 6.07) is -0.0795. The minimum atomic E-state index is -0.0795. The van der Waals surface area contributed by atoms with E-state index in [9.17, 15) is 4.79 Å². The van der Waals surface area contributed by atoms with Crippen molar-refractivity contribution in [2.75, 3.05) is 18.8 Å². The summed E-state index contributed by atoms with van der Waals surface area (Å²) >= 11 is 1.54. The van der Waals surface area contributed by atoms with E-state index < -0.39 is 0 Å². The van der Waals surface area contributed by atoms with Crippen LogP contribution in [-0.4, -0.2) is 44.5 Å². The molecule has 17 heavy (non-hydrogen) atoms. The summed E-state index contributed by atoms with van der Waals surface area (Å²) < 4.78 is 1.34. The number of thioether (sulfide) groups is 1. The molecule has 1 rings (SSSR count). The molecule has 0 bridgehead atoms. The van der Waals surface area contributed by atoms with Crippen LogP contribution in [0.3, 0.4) is 0 Å². The van der Waals surface area contributed by atoms with Crippen molar-refractivity contribution in [2.45, 2.75) is 38.8 Å². The minimum absolute atomic E-state index is 0.0795. The van der Waals surface area contributed by atoms with Gasteiger partial charge in [-0.05, 0) is 18.6 Å². The predicted octanol–water partition coefficient (Wildman–Crippen LogP) is 2.48. The normalized spacial score (nSPS) is 10.5. The first-order chi connectivity index (χ1) is 8.22. The van der Waals surface area contributed by atoms with Gasteiger partial charge in [0.1, 0.15) is 6.33 Å². The van der Waals surface area contributed by atoms with Crippen LogP contribution in [0.15, 0.2) is 11.5 Å². The largest absolute Gasteiger partial charge is 0.346 e. The highest BCUT2D eigenvalue weighted by atomic mass is 32.2. The molecular weight excluding hydrogens is 236 g/mol. The van der Waals surface area contributed by atoms with Gasteiger partial charge in [-0.2, -0.15) is 4.68 Å². The molecule has 0 fully saturated rings. The summed E-state index contributed by atoms with van der Waals surface area (Å²) in [6.45, 7) is 7.70. The smallest absolute Gasteiger partial charge is 0.323 e. The van der Waals surface area contributed by atoms with Crippen LogP contribution in [-0.2, 0) is 0 Å². The number of amides is 1. The lowest BCUT2D eigenvalue weighted by molar-refractivity contribution is 0.196. The van der Waals surface area contributed by atoms with Gasteiger partial charge in [0.15, 0.2) is 0 Å². The highest BCUT2D eigenvalue weighted by molar-refractivity contribution is 7.99. The lowest BCUT2D eigenvalue weighted by Crippen LogP contribution is -2.36. The molecule has 0 unspecified atom stereocenters. The molecule has 0 aliphatic rings. The van der Waals surface area contributed by atoms with Gasteiger partial charge in [0, 0.05) is 13.1 Å². The van der Waals surface area contributed by atoms with E-state index in [1.165, 1.54) is 22.8 Å². The zero-order valence-corrected chi connectivity index (χ0v) is 11.5. The molecule has 1 heterocycles. The molecule has 1 aromatic heterocycles. The van der Waals surface area contributed by atoms with E-state index in [1.54, 1.807) is 0 Å². The molecule has 0 saturated carbocycles. The Morgan fingerprint density at radius 3 is 2.53 bits per heavy atom. The van der Waals surface area contributed by atoms with E-state index in [1.807, 2.05) is 11.8 Å². The van der Waals surface area contributed by atoms with Crippen molar-refractivity contribution in [1.82, 2.24) is 19.7 Å². The molecule has 6 heteroatoms. The van der Waals surface area contributed by atoms with Crippen LogP contribution in [0.25, 0.3) is 0 Å². The second-order valence-electron chi connectivity index (χ2n) is 3.67. The van der Waals surface area contributed by atoms with Crippen molar-refractivity contribution in [3.05, 3.63) is 6.33 Å². The van der Waals surface area contributed by atoms with Crippen molar-refractivity contribution in [3.63, 3.8) is 0 Å². The average molecular weight is 256 g/mol. The second kappa shape index (κ2) is 7.32. The molecule has 0 aromatic carbocycles. The molecule has 0 aliphatic carbocycles. The highest BCUT2D eigenvalue weighted by Crippen LogP contribution is 2.10. The number of hydrogen-bond donors (Lipinski definition) is 0. The fraction of sp³-hybridized carbons (Fsp3) is 0.727. The van der Waals surface area contributed by atoms with Crippen molar-refractivity contribution < 1.29 is 4.79 Å². The van der Waals surface area contributed by atoms with Crippen LogP contribution in [0.5, 0.6) is 0 Å². The third-order valence-corrected chi connectivity index (χ3v) is 2.93. The lowest BCUT2D eigenvalue weighted by Gasteiger charge is -2.20. The van der Waals surface area contributed by atoms with E-state index in [0.717, 1.165) is 31.7 Å². The fourth-order valence-electron chi connectivity index (χ4n) is 1.52. The molecule has 96 valence electrons. The topological polar surface area (TPSA) is 51.0 Å². The molecule has 0 radical (unpaired) electrons. The maximum absolute atomic E-state index is 12.1. The molecule has 5 nitrogen and oxygen atoms in total. The molecule has 0 N–H and O–H groups in total. The van der Waals surface area contributed by atoms with Crippen LogP contribution in [0.2, 0.25) is 0 Å². The Balaban J connectivity index is 2.70. The van der Waals surface area contributed by atoms with Crippen molar-refractivity contribution in [1.29, 1.82) is 0 Å². The molecule has 0 atom stereocenters. The summed E-state index contributed by atoms with van der Waals surface area (Å²) in [5.41, 5.74) is 0. The molecule has 0 saturated heterocycles. The summed E-state index contributed by atoms with van der Waals surface area (Å²) in [5, 5.41) is 4.82. The van der Waals surface area contributed by atoms with Gasteiger partial charge < -0.3 is 4.90 Å². The zero-order chi connectivity index (χ0) is 12.7. The van der Waals surface area contributed by atoms with Gasteiger partial charge >= 0.3 is 6.03 Å². The molecular formula is C11H20N4OS. The second-order valence-corrected chi connectivity index (χ2v) is 4.91. The van der Waals surface area contributed by atoms with E-state index >= 15 is 0 Å². The first-order valence-electron chi connectivity index (χ1n) is 6.06. The number of rotatable bonds is 6. The number of carbonyl (C=O) groups is 1. The van der Waals surface area contributed by atoms with Crippen LogP contribution < -0.4 is 0 Å². The Morgan fingerprint density at radius 2 is 2.00 bits per heavy atom. The Bertz CT molecular complexity index is 347. The van der Waals surface area contributed by atoms with E-state index in [2.05, 4.69) is 23.9 Å². The Morgan fingerprint density at radius 1 is 1.35 bits per heavy atom. The summed E-state index contributed by atoms with van der Waals surface area (Å²) in [7, 11) is 0. The van der Waals surface area contributed by atoms with E-state index in [0.29, 0.717) is 5.16 Å². The van der Waals surface area contributed by atoms with Gasteiger partial charge in [0.05, 0.1) is 0 Å². The van der Waals surface area contributed by atoms with Gasteiger partial charge in [0.25, 0.3) is 0 Å². The van der Waals surface area contributed by atoms with Crippen molar-refractivity contribution >= 4 is 17.8 Å². The first kappa shape index (κ1) is 14.0. The third kappa shape index (κ3) is 4.03. The maximum atomic E-state index is 12.1. The van der Waals surface area contributed by atoms with Crippen LogP contribution >= 0.6 is 11.8 Å². The van der Waals surface area contributed by atoms with Crippen molar-refractivity contribution in [2.24, 2.45) is 0 Å². The van der Waals surface area contributed by atoms with Crippen LogP contribution in [0, 0.1) is 0 Å². The standard InChI is InChI=1S/C11H20N4OS/c1-4-7-14(8-5-2)11(16)15-9-12-10(13-15)17-6-3/h9H,4-8H2,1-3H3. The van der Waals surface area contributed by atoms with E-state index in [4.69, 9.17) is 0 Å². The number of carbonyl (C=O) groups excluding carboxylic acids is 1. The zero-order valence-electron chi connectivity index (χ0n) is 10.7. The van der Waals surface area contributed by atoms with Gasteiger partial charge in [-0.3, -0.25) is 0 Å². The predicted molar refractivity (Wildman–Crippen MR) is 69.4 cm³/mol. The first-order valence-corrected chi connectivity index (χ1v) is 7.05. The fourth-order valence-corrected chi connectivity index (χ4v) is 2.05. The number of nitrogens with zero attached hydrogens (tertiary/aromatic N) is 4.